The fourth-order valence-corrected chi connectivity index (χ4v) is 5.70. The van der Waals surface area contributed by atoms with Crippen LogP contribution in [0.4, 0.5) is 16.6 Å². The van der Waals surface area contributed by atoms with Crippen LogP contribution in [-0.4, -0.2) is 64.5 Å². The number of nitrogens with zero attached hydrogens (tertiary/aromatic N) is 5. The minimum atomic E-state index is -0.366. The number of rotatable bonds is 10. The predicted molar refractivity (Wildman–Crippen MR) is 145 cm³/mol. The van der Waals surface area contributed by atoms with Crippen molar-refractivity contribution < 1.29 is 14.3 Å². The molecule has 3 heterocycles. The number of cyclic esters (lactones) is 1. The average molecular weight is 517 g/mol. The molecule has 3 fully saturated rings. The molecule has 2 saturated carbocycles. The highest BCUT2D eigenvalue weighted by molar-refractivity contribution is 5.89. The van der Waals surface area contributed by atoms with E-state index in [2.05, 4.69) is 46.0 Å². The van der Waals surface area contributed by atoms with Gasteiger partial charge in [-0.3, -0.25) is 14.6 Å². The van der Waals surface area contributed by atoms with Crippen LogP contribution in [-0.2, 0) is 21.7 Å². The van der Waals surface area contributed by atoms with Crippen molar-refractivity contribution in [3.05, 3.63) is 59.8 Å². The largest absolute Gasteiger partial charge is 0.444 e. The van der Waals surface area contributed by atoms with Crippen LogP contribution in [0.5, 0.6) is 0 Å². The van der Waals surface area contributed by atoms with Crippen LogP contribution in [0.1, 0.15) is 61.8 Å². The molecule has 1 N–H and O–H groups in total. The number of anilines is 2. The second-order valence-electron chi connectivity index (χ2n) is 11.1. The van der Waals surface area contributed by atoms with Crippen molar-refractivity contribution in [1.29, 1.82) is 0 Å². The van der Waals surface area contributed by atoms with E-state index in [1.54, 1.807) is 11.1 Å². The molecule has 1 atom stereocenters. The minimum Gasteiger partial charge on any atom is -0.444 e. The molecule has 0 radical (unpaired) electrons. The summed E-state index contributed by atoms with van der Waals surface area (Å²) >= 11 is 0. The first-order valence-corrected chi connectivity index (χ1v) is 13.7. The Balaban J connectivity index is 1.16. The van der Waals surface area contributed by atoms with Gasteiger partial charge in [0, 0.05) is 38.9 Å². The maximum atomic E-state index is 12.1. The molecule has 0 spiro atoms. The summed E-state index contributed by atoms with van der Waals surface area (Å²) in [7, 11) is 1.87. The Morgan fingerprint density at radius 1 is 1.29 bits per heavy atom. The van der Waals surface area contributed by atoms with Gasteiger partial charge < -0.3 is 15.0 Å². The summed E-state index contributed by atoms with van der Waals surface area (Å²) in [6, 6.07) is 9.67. The molecular formula is C29H36N6O3. The van der Waals surface area contributed by atoms with E-state index in [9.17, 15) is 9.59 Å². The third-order valence-corrected chi connectivity index (χ3v) is 8.59. The van der Waals surface area contributed by atoms with E-state index < -0.39 is 0 Å². The van der Waals surface area contributed by atoms with Crippen molar-refractivity contribution in [2.75, 3.05) is 36.9 Å². The van der Waals surface area contributed by atoms with Crippen LogP contribution < -0.4 is 10.2 Å². The monoisotopic (exact) mass is 516 g/mol. The molecule has 38 heavy (non-hydrogen) atoms. The molecule has 2 amide bonds. The van der Waals surface area contributed by atoms with Gasteiger partial charge in [-0.25, -0.2) is 9.78 Å². The number of aromatic nitrogens is 2. The van der Waals surface area contributed by atoms with E-state index >= 15 is 0 Å². The van der Waals surface area contributed by atoms with E-state index in [0.29, 0.717) is 24.4 Å². The number of benzene rings is 1. The summed E-state index contributed by atoms with van der Waals surface area (Å²) in [5.74, 6) is 1.97. The van der Waals surface area contributed by atoms with Gasteiger partial charge >= 0.3 is 6.09 Å². The summed E-state index contributed by atoms with van der Waals surface area (Å²) < 4.78 is 5.21. The summed E-state index contributed by atoms with van der Waals surface area (Å²) in [5, 5.41) is 3.57. The lowest BCUT2D eigenvalue weighted by atomic mass is 9.92. The molecule has 6 rings (SSSR count). The highest BCUT2D eigenvalue weighted by atomic mass is 16.6. The number of fused-ring (bicyclic) bond motifs is 1. The van der Waals surface area contributed by atoms with Gasteiger partial charge in [-0.2, -0.15) is 4.98 Å². The Kier molecular flexibility index (Phi) is 6.34. The van der Waals surface area contributed by atoms with Gasteiger partial charge in [-0.15, -0.1) is 0 Å². The summed E-state index contributed by atoms with van der Waals surface area (Å²) in [6.07, 6.45) is 8.62. The van der Waals surface area contributed by atoms with Crippen molar-refractivity contribution in [1.82, 2.24) is 19.8 Å². The molecule has 2 aliphatic carbocycles. The Hall–Kier alpha value is -3.46. The van der Waals surface area contributed by atoms with Gasteiger partial charge in [0.05, 0.1) is 17.1 Å². The fraction of sp³-hybridized carbons (Fsp3) is 0.517. The predicted octanol–water partition coefficient (Wildman–Crippen LogP) is 4.22. The van der Waals surface area contributed by atoms with Crippen LogP contribution in [0.3, 0.4) is 0 Å². The number of likely N-dealkylation sites (N-methyl/N-ethyl adjacent to an activating group) is 1. The van der Waals surface area contributed by atoms with Crippen LogP contribution in [0.2, 0.25) is 0 Å². The maximum Gasteiger partial charge on any atom is 0.415 e. The zero-order chi connectivity index (χ0) is 26.4. The third kappa shape index (κ3) is 4.64. The van der Waals surface area contributed by atoms with Gasteiger partial charge in [0.15, 0.2) is 0 Å². The number of nitrogens with one attached hydrogen (secondary N) is 1. The SMILES string of the molecule is C=CC(=O)N(C)C1CN(C(CC2CC2)c2ccc(C3(Nc4ncc5c(n4)N(CC)C(=O)OC5)CC3)cc2)C1. The number of likely N-dealkylation sites (tertiary alicyclic amines) is 1. The Morgan fingerprint density at radius 3 is 2.66 bits per heavy atom. The number of hydrogen-bond acceptors (Lipinski definition) is 7. The van der Waals surface area contributed by atoms with Crippen molar-refractivity contribution in [3.8, 4) is 0 Å². The molecule has 9 heteroatoms. The number of carbonyl (C=O) groups excluding carboxylic acids is 2. The average Bonchev–Trinajstić information content (AvgIpc) is 3.84. The number of ether oxygens (including phenoxy) is 1. The van der Waals surface area contributed by atoms with Gasteiger partial charge in [-0.05, 0) is 49.3 Å². The molecule has 1 aromatic carbocycles. The van der Waals surface area contributed by atoms with Crippen molar-refractivity contribution >= 4 is 23.8 Å². The second-order valence-corrected chi connectivity index (χ2v) is 11.1. The molecule has 2 aliphatic heterocycles. The molecular weight excluding hydrogens is 480 g/mol. The Bertz CT molecular complexity index is 1230. The first-order valence-electron chi connectivity index (χ1n) is 13.7. The number of amides is 2. The second kappa shape index (κ2) is 9.69. The molecule has 1 unspecified atom stereocenters. The van der Waals surface area contributed by atoms with E-state index in [-0.39, 0.29) is 30.2 Å². The third-order valence-electron chi connectivity index (χ3n) is 8.59. The van der Waals surface area contributed by atoms with Gasteiger partial charge in [0.25, 0.3) is 0 Å². The molecule has 1 aromatic heterocycles. The van der Waals surface area contributed by atoms with Crippen LogP contribution in [0, 0.1) is 5.92 Å². The van der Waals surface area contributed by atoms with E-state index in [1.807, 2.05) is 18.9 Å². The Morgan fingerprint density at radius 2 is 2.03 bits per heavy atom. The normalized spacial score (nSPS) is 21.1. The highest BCUT2D eigenvalue weighted by Crippen LogP contribution is 2.49. The molecule has 2 aromatic rings. The van der Waals surface area contributed by atoms with Crippen molar-refractivity contribution in [3.63, 3.8) is 0 Å². The standard InChI is InChI=1S/C29H36N6O3/c1-4-25(36)33(3)23-16-34(17-23)24(14-19-6-7-19)20-8-10-22(11-9-20)29(12-13-29)32-27-30-15-21-18-38-28(37)35(5-2)26(21)31-27/h4,8-11,15,19,23-24H,1,5-7,12-14,16-18H2,2-3H3,(H,30,31,32). The molecule has 0 bridgehead atoms. The summed E-state index contributed by atoms with van der Waals surface area (Å²) in [6.45, 7) is 8.04. The van der Waals surface area contributed by atoms with Crippen LogP contribution >= 0.6 is 0 Å². The summed E-state index contributed by atoms with van der Waals surface area (Å²) in [5.41, 5.74) is 3.22. The smallest absolute Gasteiger partial charge is 0.415 e. The minimum absolute atomic E-state index is 0.00906. The molecule has 9 nitrogen and oxygen atoms in total. The van der Waals surface area contributed by atoms with Gasteiger partial charge in [0.2, 0.25) is 11.9 Å². The molecule has 200 valence electrons. The highest BCUT2D eigenvalue weighted by Gasteiger charge is 2.46. The first-order chi connectivity index (χ1) is 18.4. The lowest BCUT2D eigenvalue weighted by Gasteiger charge is -2.48. The number of carbonyl (C=O) groups is 2. The van der Waals surface area contributed by atoms with E-state index in [4.69, 9.17) is 9.72 Å². The maximum absolute atomic E-state index is 12.1. The van der Waals surface area contributed by atoms with Crippen LogP contribution in [0.25, 0.3) is 0 Å². The first kappa shape index (κ1) is 24.9. The zero-order valence-electron chi connectivity index (χ0n) is 22.2. The number of hydrogen-bond donors (Lipinski definition) is 1. The van der Waals surface area contributed by atoms with Crippen molar-refractivity contribution in [2.45, 2.75) is 63.3 Å². The Labute approximate surface area is 223 Å². The van der Waals surface area contributed by atoms with Gasteiger partial charge in [0.1, 0.15) is 12.4 Å². The van der Waals surface area contributed by atoms with Crippen LogP contribution in [0.15, 0.2) is 43.1 Å². The lowest BCUT2D eigenvalue weighted by Crippen LogP contribution is -2.60. The molecule has 1 saturated heterocycles. The van der Waals surface area contributed by atoms with Gasteiger partial charge in [-0.1, -0.05) is 43.7 Å². The lowest BCUT2D eigenvalue weighted by molar-refractivity contribution is -0.130. The fourth-order valence-electron chi connectivity index (χ4n) is 5.70. The zero-order valence-corrected chi connectivity index (χ0v) is 22.2. The summed E-state index contributed by atoms with van der Waals surface area (Å²) in [4.78, 5) is 39.3. The van der Waals surface area contributed by atoms with Crippen molar-refractivity contribution in [2.24, 2.45) is 5.92 Å². The van der Waals surface area contributed by atoms with E-state index in [1.165, 1.54) is 36.5 Å². The molecule has 4 aliphatic rings. The quantitative estimate of drug-likeness (QED) is 0.473. The van der Waals surface area contributed by atoms with E-state index in [0.717, 1.165) is 37.4 Å². The topological polar surface area (TPSA) is 90.9 Å².